The number of aromatic nitrogens is 2. The number of benzene rings is 1. The number of amides is 1. The van der Waals surface area contributed by atoms with Crippen LogP contribution in [-0.2, 0) is 16.1 Å². The van der Waals surface area contributed by atoms with Crippen LogP contribution < -0.4 is 0 Å². The fraction of sp³-hybridized carbons (Fsp3) is 0.389. The Bertz CT molecular complexity index is 871. The Morgan fingerprint density at radius 3 is 2.33 bits per heavy atom. The fourth-order valence-corrected chi connectivity index (χ4v) is 2.67. The molecule has 144 valence electrons. The summed E-state index contributed by atoms with van der Waals surface area (Å²) in [6.45, 7) is 5.10. The second-order valence-electron chi connectivity index (χ2n) is 6.41. The summed E-state index contributed by atoms with van der Waals surface area (Å²) < 4.78 is 6.71. The molecule has 0 aliphatic heterocycles. The summed E-state index contributed by atoms with van der Waals surface area (Å²) >= 11 is 0. The van der Waals surface area contributed by atoms with Crippen LogP contribution in [0.3, 0.4) is 0 Å². The topological polar surface area (TPSA) is 108 Å². The van der Waals surface area contributed by atoms with Crippen molar-refractivity contribution in [3.63, 3.8) is 0 Å². The van der Waals surface area contributed by atoms with Crippen molar-refractivity contribution in [3.8, 4) is 0 Å². The van der Waals surface area contributed by atoms with E-state index in [1.165, 1.54) is 11.8 Å². The lowest BCUT2D eigenvalue weighted by molar-refractivity contribution is -0.386. The van der Waals surface area contributed by atoms with Crippen LogP contribution in [0.5, 0.6) is 0 Å². The molecule has 1 atom stereocenters. The SMILES string of the molecule is Cc1nn(Cc2ccc(C(=O)O[C@H](C)C(=O)N(C)C)cc2)c(C)c1[N+](=O)[O-]. The fourth-order valence-electron chi connectivity index (χ4n) is 2.67. The maximum absolute atomic E-state index is 12.1. The maximum atomic E-state index is 12.1. The Morgan fingerprint density at radius 1 is 1.26 bits per heavy atom. The largest absolute Gasteiger partial charge is 0.449 e. The molecule has 0 saturated carbocycles. The minimum atomic E-state index is -0.873. The number of nitrogens with zero attached hydrogens (tertiary/aromatic N) is 4. The van der Waals surface area contributed by atoms with Gasteiger partial charge in [0.1, 0.15) is 11.4 Å². The van der Waals surface area contributed by atoms with Gasteiger partial charge in [-0.05, 0) is 38.5 Å². The van der Waals surface area contributed by atoms with E-state index in [9.17, 15) is 19.7 Å². The van der Waals surface area contributed by atoms with Crippen molar-refractivity contribution in [3.05, 3.63) is 56.9 Å². The zero-order valence-corrected chi connectivity index (χ0v) is 15.9. The summed E-state index contributed by atoms with van der Waals surface area (Å²) in [6, 6.07) is 6.61. The molecule has 0 saturated heterocycles. The number of likely N-dealkylation sites (N-methyl/N-ethyl adjacent to an activating group) is 1. The quantitative estimate of drug-likeness (QED) is 0.435. The van der Waals surface area contributed by atoms with Crippen LogP contribution in [0.15, 0.2) is 24.3 Å². The molecular formula is C18H22N4O5. The number of carbonyl (C=O) groups excluding carboxylic acids is 2. The lowest BCUT2D eigenvalue weighted by Gasteiger charge is -2.17. The number of aryl methyl sites for hydroxylation is 1. The summed E-state index contributed by atoms with van der Waals surface area (Å²) in [7, 11) is 3.18. The van der Waals surface area contributed by atoms with Crippen molar-refractivity contribution in [2.24, 2.45) is 0 Å². The molecule has 0 fully saturated rings. The Labute approximate surface area is 156 Å². The Balaban J connectivity index is 2.10. The van der Waals surface area contributed by atoms with Crippen LogP contribution in [0, 0.1) is 24.0 Å². The molecule has 0 unspecified atom stereocenters. The van der Waals surface area contributed by atoms with Crippen LogP contribution in [-0.4, -0.2) is 51.7 Å². The highest BCUT2D eigenvalue weighted by Crippen LogP contribution is 2.22. The third-order valence-corrected chi connectivity index (χ3v) is 4.12. The van der Waals surface area contributed by atoms with E-state index in [0.717, 1.165) is 5.56 Å². The van der Waals surface area contributed by atoms with Crippen molar-refractivity contribution >= 4 is 17.6 Å². The van der Waals surface area contributed by atoms with Crippen molar-refractivity contribution in [1.82, 2.24) is 14.7 Å². The molecule has 0 aliphatic carbocycles. The normalized spacial score (nSPS) is 11.7. The van der Waals surface area contributed by atoms with Gasteiger partial charge in [0.25, 0.3) is 5.91 Å². The zero-order valence-electron chi connectivity index (χ0n) is 15.9. The molecule has 9 heteroatoms. The first-order chi connectivity index (χ1) is 12.6. The third-order valence-electron chi connectivity index (χ3n) is 4.12. The average Bonchev–Trinajstić information content (AvgIpc) is 2.88. The van der Waals surface area contributed by atoms with Gasteiger partial charge in [-0.1, -0.05) is 12.1 Å². The molecule has 2 rings (SSSR count). The maximum Gasteiger partial charge on any atom is 0.338 e. The van der Waals surface area contributed by atoms with Gasteiger partial charge in [-0.2, -0.15) is 5.10 Å². The predicted molar refractivity (Wildman–Crippen MR) is 97.5 cm³/mol. The first kappa shape index (κ1) is 20.1. The van der Waals surface area contributed by atoms with E-state index in [4.69, 9.17) is 4.74 Å². The van der Waals surface area contributed by atoms with Crippen molar-refractivity contribution in [2.45, 2.75) is 33.4 Å². The summed E-state index contributed by atoms with van der Waals surface area (Å²) in [5, 5.41) is 15.3. The second-order valence-corrected chi connectivity index (χ2v) is 6.41. The molecule has 0 N–H and O–H groups in total. The lowest BCUT2D eigenvalue weighted by atomic mass is 10.1. The highest BCUT2D eigenvalue weighted by molar-refractivity contribution is 5.92. The zero-order chi connectivity index (χ0) is 20.3. The highest BCUT2D eigenvalue weighted by Gasteiger charge is 2.22. The minimum Gasteiger partial charge on any atom is -0.449 e. The van der Waals surface area contributed by atoms with E-state index in [-0.39, 0.29) is 11.6 Å². The molecule has 1 heterocycles. The van der Waals surface area contributed by atoms with Gasteiger partial charge in [-0.25, -0.2) is 4.79 Å². The van der Waals surface area contributed by atoms with Gasteiger partial charge in [0, 0.05) is 14.1 Å². The summed E-state index contributed by atoms with van der Waals surface area (Å²) in [6.07, 6.45) is -0.873. The van der Waals surface area contributed by atoms with Crippen molar-refractivity contribution < 1.29 is 19.2 Å². The molecule has 1 aromatic carbocycles. The van der Waals surface area contributed by atoms with Crippen LogP contribution in [0.2, 0.25) is 0 Å². The number of hydrogen-bond donors (Lipinski definition) is 0. The summed E-state index contributed by atoms with van der Waals surface area (Å²) in [5.74, 6) is -0.892. The number of carbonyl (C=O) groups is 2. The van der Waals surface area contributed by atoms with E-state index in [1.54, 1.807) is 56.9 Å². The number of esters is 1. The molecule has 0 bridgehead atoms. The van der Waals surface area contributed by atoms with Gasteiger partial charge in [-0.15, -0.1) is 0 Å². The van der Waals surface area contributed by atoms with Crippen LogP contribution in [0.1, 0.15) is 34.2 Å². The summed E-state index contributed by atoms with van der Waals surface area (Å²) in [4.78, 5) is 35.9. The second kappa shape index (κ2) is 7.98. The molecule has 27 heavy (non-hydrogen) atoms. The van der Waals surface area contributed by atoms with Gasteiger partial charge in [0.05, 0.1) is 17.0 Å². The Hall–Kier alpha value is -3.23. The first-order valence-electron chi connectivity index (χ1n) is 8.31. The molecule has 0 aliphatic rings. The number of nitro groups is 1. The number of hydrogen-bond acceptors (Lipinski definition) is 6. The smallest absolute Gasteiger partial charge is 0.338 e. The van der Waals surface area contributed by atoms with Crippen molar-refractivity contribution in [1.29, 1.82) is 0 Å². The van der Waals surface area contributed by atoms with Gasteiger partial charge in [0.15, 0.2) is 6.10 Å². The minimum absolute atomic E-state index is 0.00902. The van der Waals surface area contributed by atoms with Gasteiger partial charge in [0.2, 0.25) is 0 Å². The van der Waals surface area contributed by atoms with E-state index in [1.807, 2.05) is 0 Å². The lowest BCUT2D eigenvalue weighted by Crippen LogP contribution is -2.34. The van der Waals surface area contributed by atoms with Gasteiger partial charge < -0.3 is 9.64 Å². The average molecular weight is 374 g/mol. The molecular weight excluding hydrogens is 352 g/mol. The number of ether oxygens (including phenoxy) is 1. The standard InChI is InChI=1S/C18H22N4O5/c1-11-16(22(25)26)12(2)21(19-11)10-14-6-8-15(9-7-14)18(24)27-13(3)17(23)20(4)5/h6-9,13H,10H2,1-5H3/t13-/m1/s1. The highest BCUT2D eigenvalue weighted by atomic mass is 16.6. The molecule has 0 radical (unpaired) electrons. The predicted octanol–water partition coefficient (Wildman–Crippen LogP) is 2.09. The first-order valence-corrected chi connectivity index (χ1v) is 8.31. The molecule has 1 amide bonds. The van der Waals surface area contributed by atoms with E-state index < -0.39 is 17.0 Å². The molecule has 0 spiro atoms. The van der Waals surface area contributed by atoms with E-state index in [2.05, 4.69) is 5.10 Å². The Kier molecular flexibility index (Phi) is 5.94. The van der Waals surface area contributed by atoms with Crippen LogP contribution in [0.25, 0.3) is 0 Å². The Morgan fingerprint density at radius 2 is 1.85 bits per heavy atom. The van der Waals surface area contributed by atoms with Gasteiger partial charge in [-0.3, -0.25) is 19.6 Å². The van der Waals surface area contributed by atoms with Gasteiger partial charge >= 0.3 is 11.7 Å². The van der Waals surface area contributed by atoms with Crippen LogP contribution in [0.4, 0.5) is 5.69 Å². The summed E-state index contributed by atoms with van der Waals surface area (Å²) in [5.41, 5.74) is 1.98. The molecule has 9 nitrogen and oxygen atoms in total. The monoisotopic (exact) mass is 374 g/mol. The van der Waals surface area contributed by atoms with Crippen molar-refractivity contribution in [2.75, 3.05) is 14.1 Å². The molecule has 2 aromatic rings. The molecule has 1 aromatic heterocycles. The third kappa shape index (κ3) is 4.49. The van der Waals surface area contributed by atoms with Crippen LogP contribution >= 0.6 is 0 Å². The number of rotatable bonds is 6. The van der Waals surface area contributed by atoms with E-state index >= 15 is 0 Å². The van der Waals surface area contributed by atoms with E-state index in [0.29, 0.717) is 23.5 Å².